The van der Waals surface area contributed by atoms with Crippen molar-refractivity contribution in [2.24, 2.45) is 0 Å². The normalized spacial score (nSPS) is 18.1. The number of hydrogen-bond donors (Lipinski definition) is 0. The maximum absolute atomic E-state index is 13.9. The summed E-state index contributed by atoms with van der Waals surface area (Å²) in [6.45, 7) is 6.15. The largest absolute Gasteiger partial charge is 1.00 e. The van der Waals surface area contributed by atoms with E-state index in [1.807, 2.05) is 24.3 Å². The van der Waals surface area contributed by atoms with Gasteiger partial charge in [-0.25, -0.2) is 0 Å². The highest BCUT2D eigenvalue weighted by molar-refractivity contribution is 7.38. The van der Waals surface area contributed by atoms with Crippen molar-refractivity contribution in [3.05, 3.63) is 34.7 Å². The molecule has 0 nitrogen and oxygen atoms in total. The predicted molar refractivity (Wildman–Crippen MR) is 96.9 cm³/mol. The van der Waals surface area contributed by atoms with Gasteiger partial charge in [0.1, 0.15) is 0 Å². The Balaban J connectivity index is 0.00000225. The molecule has 1 aromatic heterocycles. The van der Waals surface area contributed by atoms with E-state index in [1.54, 1.807) is 0 Å². The average Bonchev–Trinajstić information content (AvgIpc) is 2.65. The number of halogens is 4. The smallest absolute Gasteiger partial charge is 0.600 e. The maximum Gasteiger partial charge on any atom is 0.600 e. The molecule has 0 aliphatic heterocycles. The van der Waals surface area contributed by atoms with Crippen LogP contribution in [0.1, 0.15) is 75.7 Å². The van der Waals surface area contributed by atoms with Gasteiger partial charge in [0.2, 0.25) is 0 Å². The van der Waals surface area contributed by atoms with Gasteiger partial charge in [-0.2, -0.15) is 0 Å². The van der Waals surface area contributed by atoms with Gasteiger partial charge in [0.25, 0.3) is 0 Å². The molecule has 140 valence electrons. The molecule has 0 spiro atoms. The maximum atomic E-state index is 13.9. The van der Waals surface area contributed by atoms with Gasteiger partial charge in [-0.05, 0) is 29.9 Å². The van der Waals surface area contributed by atoms with Gasteiger partial charge in [0.15, 0.2) is 9.58 Å². The number of hydrogen-bond acceptors (Lipinski definition) is 0. The lowest BCUT2D eigenvalue weighted by molar-refractivity contribution is -0.0868. The molecule has 1 unspecified atom stereocenters. The molecule has 1 aliphatic rings. The molecule has 1 heterocycles. The van der Waals surface area contributed by atoms with E-state index in [9.17, 15) is 13.2 Å². The molecule has 1 aromatic carbocycles. The molecule has 1 fully saturated rings. The predicted octanol–water partition coefficient (Wildman–Crippen LogP) is 4.80. The van der Waals surface area contributed by atoms with Crippen molar-refractivity contribution in [3.8, 4) is 0 Å². The van der Waals surface area contributed by atoms with Gasteiger partial charge >= 0.3 is 5.51 Å². The monoisotopic (exact) mass is 390 g/mol. The van der Waals surface area contributed by atoms with Gasteiger partial charge in [-0.3, -0.25) is 0 Å². The Bertz CT molecular complexity index is 717. The molecule has 0 bridgehead atoms. The minimum absolute atomic E-state index is 0. The highest BCUT2D eigenvalue weighted by atomic mass is 35.5. The summed E-state index contributed by atoms with van der Waals surface area (Å²) >= 11 is 0. The molecule has 0 N–H and O–H groups in total. The Morgan fingerprint density at radius 3 is 2.04 bits per heavy atom. The van der Waals surface area contributed by atoms with Gasteiger partial charge in [-0.1, -0.05) is 52.5 Å². The van der Waals surface area contributed by atoms with Crippen LogP contribution in [0, 0.1) is 0 Å². The standard InChI is InChI=1S/C20H26F3S.ClH/c1-19(2,3)16-11-10-15-12-17(14-8-6-4-5-7-9-14)24(18(15)13-16)20(21,22)23;/h10-14H,4-9H2,1-3H3;1H/q+1;/p-1. The van der Waals surface area contributed by atoms with E-state index in [2.05, 4.69) is 20.8 Å². The molecule has 0 saturated heterocycles. The Hall–Kier alpha value is -0.740. The molecule has 1 saturated carbocycles. The first-order valence-corrected chi connectivity index (χ1v) is 10.1. The quantitative estimate of drug-likeness (QED) is 0.484. The van der Waals surface area contributed by atoms with Crippen LogP contribution in [-0.2, 0) is 10.9 Å². The van der Waals surface area contributed by atoms with Crippen LogP contribution in [0.15, 0.2) is 24.3 Å². The lowest BCUT2D eigenvalue weighted by Crippen LogP contribution is -3.00. The van der Waals surface area contributed by atoms with E-state index < -0.39 is 16.0 Å². The van der Waals surface area contributed by atoms with E-state index in [0.717, 1.165) is 49.5 Å². The van der Waals surface area contributed by atoms with Crippen molar-refractivity contribution < 1.29 is 25.6 Å². The first-order chi connectivity index (χ1) is 11.2. The number of rotatable bonds is 1. The second-order valence-electron chi connectivity index (χ2n) is 7.99. The van der Waals surface area contributed by atoms with Crippen molar-refractivity contribution >= 4 is 20.6 Å². The van der Waals surface area contributed by atoms with E-state index >= 15 is 0 Å². The third-order valence-electron chi connectivity index (χ3n) is 5.12. The van der Waals surface area contributed by atoms with Gasteiger partial charge in [0.05, 0.1) is 10.5 Å². The van der Waals surface area contributed by atoms with Crippen LogP contribution < -0.4 is 12.4 Å². The molecule has 2 aromatic rings. The summed E-state index contributed by atoms with van der Waals surface area (Å²) in [7, 11) is -1.75. The number of fused-ring (bicyclic) bond motifs is 1. The summed E-state index contributed by atoms with van der Waals surface area (Å²) in [5.74, 6) is 0.0999. The Morgan fingerprint density at radius 2 is 1.52 bits per heavy atom. The zero-order valence-corrected chi connectivity index (χ0v) is 16.6. The van der Waals surface area contributed by atoms with Gasteiger partial charge in [-0.15, -0.1) is 13.2 Å². The van der Waals surface area contributed by atoms with E-state index in [1.165, 1.54) is 0 Å². The van der Waals surface area contributed by atoms with Crippen molar-refractivity contribution in [2.45, 2.75) is 76.1 Å². The number of benzene rings is 1. The summed E-state index contributed by atoms with van der Waals surface area (Å²) < 4.78 is 42.3. The van der Waals surface area contributed by atoms with Crippen LogP contribution in [-0.4, -0.2) is 0 Å². The minimum atomic E-state index is -4.18. The fourth-order valence-electron chi connectivity index (χ4n) is 3.74. The van der Waals surface area contributed by atoms with Crippen LogP contribution in [0.25, 0.3) is 10.1 Å². The van der Waals surface area contributed by atoms with Gasteiger partial charge in [0, 0.05) is 23.4 Å². The molecule has 25 heavy (non-hydrogen) atoms. The molecule has 0 radical (unpaired) electrons. The molecular weight excluding hydrogens is 365 g/mol. The molecule has 0 amide bonds. The lowest BCUT2D eigenvalue weighted by Gasteiger charge is -2.18. The Labute approximate surface area is 157 Å². The summed E-state index contributed by atoms with van der Waals surface area (Å²) in [6, 6.07) is 7.55. The van der Waals surface area contributed by atoms with Crippen molar-refractivity contribution in [1.29, 1.82) is 0 Å². The fourth-order valence-corrected chi connectivity index (χ4v) is 5.93. The summed E-state index contributed by atoms with van der Waals surface area (Å²) in [5, 5.41) is 0.780. The first kappa shape index (κ1) is 20.6. The topological polar surface area (TPSA) is 0 Å². The third-order valence-corrected chi connectivity index (χ3v) is 7.30. The van der Waals surface area contributed by atoms with Crippen LogP contribution in [0.5, 0.6) is 0 Å². The van der Waals surface area contributed by atoms with Crippen LogP contribution in [0.4, 0.5) is 13.2 Å². The summed E-state index contributed by atoms with van der Waals surface area (Å²) in [6.07, 6.45) is 6.24. The second kappa shape index (κ2) is 7.48. The zero-order chi connectivity index (χ0) is 17.5. The molecule has 1 aliphatic carbocycles. The zero-order valence-electron chi connectivity index (χ0n) is 15.0. The highest BCUT2D eigenvalue weighted by Gasteiger charge is 2.49. The minimum Gasteiger partial charge on any atom is -1.00 e. The van der Waals surface area contributed by atoms with Crippen LogP contribution >= 0.6 is 10.5 Å². The molecular formula is C20H26ClF3S. The summed E-state index contributed by atoms with van der Waals surface area (Å²) in [5.41, 5.74) is -3.33. The summed E-state index contributed by atoms with van der Waals surface area (Å²) in [4.78, 5) is 0.644. The highest BCUT2D eigenvalue weighted by Crippen LogP contribution is 2.55. The van der Waals surface area contributed by atoms with Crippen molar-refractivity contribution in [2.75, 3.05) is 0 Å². The molecule has 5 heteroatoms. The first-order valence-electron chi connectivity index (χ1n) is 8.85. The fraction of sp³-hybridized carbons (Fsp3) is 0.600. The number of alkyl halides is 3. The van der Waals surface area contributed by atoms with E-state index in [4.69, 9.17) is 0 Å². The van der Waals surface area contributed by atoms with Crippen LogP contribution in [0.3, 0.4) is 0 Å². The third kappa shape index (κ3) is 4.33. The van der Waals surface area contributed by atoms with Crippen LogP contribution in [0.2, 0.25) is 0 Å². The Kier molecular flexibility index (Phi) is 6.15. The Morgan fingerprint density at radius 1 is 0.920 bits per heavy atom. The van der Waals surface area contributed by atoms with Crippen molar-refractivity contribution in [1.82, 2.24) is 0 Å². The number of thiophene rings is 1. The lowest BCUT2D eigenvalue weighted by atomic mass is 9.87. The van der Waals surface area contributed by atoms with Gasteiger partial charge < -0.3 is 12.4 Å². The molecule has 3 rings (SSSR count). The average molecular weight is 391 g/mol. The SMILES string of the molecule is CC(C)(C)c1ccc2cc(C3CCCCCC3)[s+](C(F)(F)F)c2c1.[Cl-]. The van der Waals surface area contributed by atoms with E-state index in [-0.39, 0.29) is 23.7 Å². The molecule has 1 atom stereocenters. The van der Waals surface area contributed by atoms with Crippen molar-refractivity contribution in [3.63, 3.8) is 0 Å². The van der Waals surface area contributed by atoms with E-state index in [0.29, 0.717) is 9.58 Å². The second-order valence-corrected chi connectivity index (χ2v) is 9.98.